The van der Waals surface area contributed by atoms with Crippen LogP contribution in [0.5, 0.6) is 0 Å². The first-order chi connectivity index (χ1) is 12.6. The van der Waals surface area contributed by atoms with Gasteiger partial charge in [-0.3, -0.25) is 4.79 Å². The van der Waals surface area contributed by atoms with Crippen LogP contribution >= 0.6 is 11.6 Å². The van der Waals surface area contributed by atoms with Crippen LogP contribution in [0.4, 0.5) is 5.69 Å². The minimum atomic E-state index is -0.116. The lowest BCUT2D eigenvalue weighted by Gasteiger charge is -2.46. The summed E-state index contributed by atoms with van der Waals surface area (Å²) in [5.41, 5.74) is 3.35. The maximum atomic E-state index is 12.7. The second-order valence-electron chi connectivity index (χ2n) is 7.47. The van der Waals surface area contributed by atoms with Crippen molar-refractivity contribution >= 4 is 23.2 Å². The third kappa shape index (κ3) is 2.71. The van der Waals surface area contributed by atoms with E-state index in [0.29, 0.717) is 5.91 Å². The van der Waals surface area contributed by atoms with Gasteiger partial charge in [0.05, 0.1) is 16.9 Å². The van der Waals surface area contributed by atoms with Crippen LogP contribution in [-0.2, 0) is 10.3 Å². The molecule has 2 aliphatic heterocycles. The monoisotopic (exact) mass is 371 g/mol. The Hall–Kier alpha value is -1.94. The van der Waals surface area contributed by atoms with Crippen molar-refractivity contribution in [3.05, 3.63) is 47.2 Å². The third-order valence-corrected chi connectivity index (χ3v) is 6.33. The lowest BCUT2D eigenvalue weighted by Crippen LogP contribution is -2.52. The van der Waals surface area contributed by atoms with Gasteiger partial charge in [0.1, 0.15) is 0 Å². The van der Waals surface area contributed by atoms with Gasteiger partial charge in [-0.15, -0.1) is 0 Å². The van der Waals surface area contributed by atoms with Crippen molar-refractivity contribution in [3.63, 3.8) is 0 Å². The fourth-order valence-electron chi connectivity index (χ4n) is 4.50. The zero-order chi connectivity index (χ0) is 18.3. The average Bonchev–Trinajstić information content (AvgIpc) is 3.15. The van der Waals surface area contributed by atoms with Gasteiger partial charge in [-0.05, 0) is 56.0 Å². The molecule has 138 valence electrons. The van der Waals surface area contributed by atoms with E-state index >= 15 is 0 Å². The van der Waals surface area contributed by atoms with E-state index in [9.17, 15) is 4.79 Å². The molecule has 1 aromatic heterocycles. The predicted octanol–water partition coefficient (Wildman–Crippen LogP) is 4.81. The number of amides is 1. The van der Waals surface area contributed by atoms with Crippen molar-refractivity contribution < 1.29 is 4.79 Å². The molecular weight excluding hydrogens is 346 g/mol. The van der Waals surface area contributed by atoms with E-state index in [2.05, 4.69) is 53.0 Å². The Morgan fingerprint density at radius 1 is 1.23 bits per heavy atom. The van der Waals surface area contributed by atoms with Crippen molar-refractivity contribution in [1.29, 1.82) is 0 Å². The molecule has 2 aromatic rings. The molecule has 1 fully saturated rings. The molecule has 4 nitrogen and oxygen atoms in total. The molecule has 0 atom stereocenters. The quantitative estimate of drug-likeness (QED) is 0.840. The Labute approximate surface area is 160 Å². The summed E-state index contributed by atoms with van der Waals surface area (Å²) in [6.45, 7) is 5.82. The zero-order valence-corrected chi connectivity index (χ0v) is 16.2. The van der Waals surface area contributed by atoms with Crippen molar-refractivity contribution in [3.8, 4) is 5.69 Å². The lowest BCUT2D eigenvalue weighted by atomic mass is 9.82. The number of hydrogen-bond donors (Lipinski definition) is 1. The number of nitrogens with one attached hydrogen (secondary N) is 1. The molecule has 0 radical (unpaired) electrons. The molecule has 0 saturated carbocycles. The second-order valence-corrected chi connectivity index (χ2v) is 7.91. The number of piperidine rings is 1. The normalized spacial score (nSPS) is 17.8. The van der Waals surface area contributed by atoms with Crippen LogP contribution in [0.25, 0.3) is 5.69 Å². The summed E-state index contributed by atoms with van der Waals surface area (Å²) in [7, 11) is 0. The first kappa shape index (κ1) is 17.5. The van der Waals surface area contributed by atoms with Crippen LogP contribution in [0.15, 0.2) is 36.5 Å². The maximum absolute atomic E-state index is 12.7. The number of carbonyl (C=O) groups is 1. The topological polar surface area (TPSA) is 37.3 Å². The molecule has 1 spiro atoms. The number of aromatic nitrogens is 1. The summed E-state index contributed by atoms with van der Waals surface area (Å²) in [6.07, 6.45) is 5.79. The van der Waals surface area contributed by atoms with Gasteiger partial charge in [0.15, 0.2) is 0 Å². The molecule has 2 aliphatic rings. The molecule has 26 heavy (non-hydrogen) atoms. The first-order valence-electron chi connectivity index (χ1n) is 9.62. The smallest absolute Gasteiger partial charge is 0.225 e. The highest BCUT2D eigenvalue weighted by Crippen LogP contribution is 2.44. The number of fused-ring (bicyclic) bond motifs is 4. The number of carbonyl (C=O) groups excluding carboxylic acids is 1. The fourth-order valence-corrected chi connectivity index (χ4v) is 4.67. The minimum Gasteiger partial charge on any atom is -0.372 e. The number of likely N-dealkylation sites (tertiary alicyclic amines) is 1. The number of anilines is 1. The van der Waals surface area contributed by atoms with Gasteiger partial charge in [0, 0.05) is 35.9 Å². The summed E-state index contributed by atoms with van der Waals surface area (Å²) < 4.78 is 2.25. The molecule has 3 heterocycles. The van der Waals surface area contributed by atoms with Crippen molar-refractivity contribution in [2.24, 2.45) is 5.92 Å². The molecule has 1 aromatic carbocycles. The number of benzene rings is 1. The van der Waals surface area contributed by atoms with E-state index < -0.39 is 0 Å². The van der Waals surface area contributed by atoms with Crippen LogP contribution in [-0.4, -0.2) is 28.5 Å². The van der Waals surface area contributed by atoms with E-state index in [0.717, 1.165) is 55.2 Å². The molecule has 1 saturated heterocycles. The summed E-state index contributed by atoms with van der Waals surface area (Å²) in [6, 6.07) is 10.3. The van der Waals surface area contributed by atoms with Crippen LogP contribution in [0.3, 0.4) is 0 Å². The van der Waals surface area contributed by atoms with Crippen molar-refractivity contribution in [2.75, 3.05) is 18.4 Å². The van der Waals surface area contributed by atoms with Gasteiger partial charge in [-0.1, -0.05) is 25.4 Å². The molecule has 1 amide bonds. The highest BCUT2D eigenvalue weighted by atomic mass is 35.5. The van der Waals surface area contributed by atoms with Crippen LogP contribution < -0.4 is 5.32 Å². The Morgan fingerprint density at radius 2 is 1.96 bits per heavy atom. The van der Waals surface area contributed by atoms with Crippen LogP contribution in [0.1, 0.15) is 45.2 Å². The van der Waals surface area contributed by atoms with Crippen molar-refractivity contribution in [1.82, 2.24) is 9.47 Å². The standard InChI is InChI=1S/C21H26ClN3O/c1-3-15(4-2)20(26)24-12-9-21(10-13-24)19-6-5-11-25(19)18-14-16(22)7-8-17(18)23-21/h5-8,11,14-15,23H,3-4,9-10,12-13H2,1-2H3. The fraction of sp³-hybridized carbons (Fsp3) is 0.476. The summed E-state index contributed by atoms with van der Waals surface area (Å²) in [5.74, 6) is 0.485. The number of halogens is 1. The van der Waals surface area contributed by atoms with E-state index in [4.69, 9.17) is 11.6 Å². The van der Waals surface area contributed by atoms with Gasteiger partial charge >= 0.3 is 0 Å². The first-order valence-corrected chi connectivity index (χ1v) is 10.0. The largest absolute Gasteiger partial charge is 0.372 e. The lowest BCUT2D eigenvalue weighted by molar-refractivity contribution is -0.137. The van der Waals surface area contributed by atoms with Gasteiger partial charge < -0.3 is 14.8 Å². The molecule has 1 N–H and O–H groups in total. The van der Waals surface area contributed by atoms with Crippen LogP contribution in [0, 0.1) is 5.92 Å². The Morgan fingerprint density at radius 3 is 2.65 bits per heavy atom. The molecule has 0 unspecified atom stereocenters. The van der Waals surface area contributed by atoms with E-state index in [1.54, 1.807) is 0 Å². The summed E-state index contributed by atoms with van der Waals surface area (Å²) >= 11 is 6.21. The molecule has 5 heteroatoms. The van der Waals surface area contributed by atoms with E-state index in [1.165, 1.54) is 5.69 Å². The van der Waals surface area contributed by atoms with Gasteiger partial charge in [-0.25, -0.2) is 0 Å². The van der Waals surface area contributed by atoms with E-state index in [1.807, 2.05) is 12.1 Å². The second kappa shape index (κ2) is 6.66. The molecular formula is C21H26ClN3O. The maximum Gasteiger partial charge on any atom is 0.225 e. The number of hydrogen-bond acceptors (Lipinski definition) is 2. The van der Waals surface area contributed by atoms with Crippen LogP contribution in [0.2, 0.25) is 5.02 Å². The van der Waals surface area contributed by atoms with Crippen molar-refractivity contribution in [2.45, 2.75) is 45.1 Å². The summed E-state index contributed by atoms with van der Waals surface area (Å²) in [5, 5.41) is 4.52. The molecule has 0 aliphatic carbocycles. The van der Waals surface area contributed by atoms with E-state index in [-0.39, 0.29) is 11.5 Å². The van der Waals surface area contributed by atoms with Gasteiger partial charge in [0.25, 0.3) is 0 Å². The molecule has 0 bridgehead atoms. The Kier molecular flexibility index (Phi) is 4.47. The Balaban J connectivity index is 1.60. The number of rotatable bonds is 3. The Bertz CT molecular complexity index is 816. The average molecular weight is 372 g/mol. The molecule has 4 rings (SSSR count). The predicted molar refractivity (Wildman–Crippen MR) is 106 cm³/mol. The minimum absolute atomic E-state index is 0.116. The van der Waals surface area contributed by atoms with Gasteiger partial charge in [0.2, 0.25) is 5.91 Å². The number of nitrogens with zero attached hydrogens (tertiary/aromatic N) is 2. The zero-order valence-electron chi connectivity index (χ0n) is 15.5. The summed E-state index contributed by atoms with van der Waals surface area (Å²) in [4.78, 5) is 14.8. The third-order valence-electron chi connectivity index (χ3n) is 6.10. The van der Waals surface area contributed by atoms with Gasteiger partial charge in [-0.2, -0.15) is 0 Å². The highest BCUT2D eigenvalue weighted by Gasteiger charge is 2.42. The SMILES string of the molecule is CCC(CC)C(=O)N1CCC2(CC1)Nc1ccc(Cl)cc1-n1cccc12. The highest BCUT2D eigenvalue weighted by molar-refractivity contribution is 6.30.